The molecule has 0 unspecified atom stereocenters. The first-order chi connectivity index (χ1) is 13.1. The van der Waals surface area contributed by atoms with Gasteiger partial charge in [0.2, 0.25) is 10.0 Å². The van der Waals surface area contributed by atoms with E-state index in [1.54, 1.807) is 0 Å². The Bertz CT molecular complexity index is 996. The molecule has 9 nitrogen and oxygen atoms in total. The van der Waals surface area contributed by atoms with Crippen molar-refractivity contribution in [1.29, 1.82) is 0 Å². The van der Waals surface area contributed by atoms with E-state index in [4.69, 9.17) is 14.6 Å². The number of carbonyl (C=O) groups excluding carboxylic acids is 2. The molecule has 0 saturated heterocycles. The molecule has 2 amide bonds. The highest BCUT2D eigenvalue weighted by molar-refractivity contribution is 7.89. The normalized spacial score (nSPS) is 12.0. The van der Waals surface area contributed by atoms with Gasteiger partial charge in [0.15, 0.2) is 17.7 Å². The maximum Gasteiger partial charge on any atom is 0.279 e. The summed E-state index contributed by atoms with van der Waals surface area (Å²) >= 11 is 0. The second-order valence-corrected chi connectivity index (χ2v) is 7.10. The van der Waals surface area contributed by atoms with Crippen molar-refractivity contribution in [2.75, 3.05) is 7.11 Å². The van der Waals surface area contributed by atoms with Gasteiger partial charge in [-0.2, -0.15) is 0 Å². The van der Waals surface area contributed by atoms with Crippen LogP contribution in [0.15, 0.2) is 47.4 Å². The molecule has 0 aromatic heterocycles. The number of nitrogens with one attached hydrogen (secondary N) is 2. The molecule has 150 valence electrons. The Balaban J connectivity index is 2.07. The third kappa shape index (κ3) is 5.18. The van der Waals surface area contributed by atoms with E-state index in [9.17, 15) is 22.4 Å². The Morgan fingerprint density at radius 1 is 1.11 bits per heavy atom. The number of ether oxygens (including phenoxy) is 2. The van der Waals surface area contributed by atoms with Crippen molar-refractivity contribution in [3.8, 4) is 11.5 Å². The lowest BCUT2D eigenvalue weighted by molar-refractivity contribution is -0.128. The molecule has 2 rings (SSSR count). The van der Waals surface area contributed by atoms with Crippen molar-refractivity contribution in [1.82, 2.24) is 10.9 Å². The van der Waals surface area contributed by atoms with Crippen LogP contribution in [0.2, 0.25) is 0 Å². The minimum absolute atomic E-state index is 0.0646. The topological polar surface area (TPSA) is 137 Å². The van der Waals surface area contributed by atoms with Crippen LogP contribution < -0.4 is 25.5 Å². The molecule has 0 aliphatic heterocycles. The zero-order valence-electron chi connectivity index (χ0n) is 14.9. The van der Waals surface area contributed by atoms with Gasteiger partial charge in [-0.05, 0) is 37.3 Å². The molecule has 4 N–H and O–H groups in total. The molecule has 0 fully saturated rings. The molecule has 28 heavy (non-hydrogen) atoms. The molecule has 0 aliphatic rings. The molecule has 2 aromatic rings. The predicted molar refractivity (Wildman–Crippen MR) is 96.5 cm³/mol. The zero-order chi connectivity index (χ0) is 20.9. The van der Waals surface area contributed by atoms with Gasteiger partial charge >= 0.3 is 0 Å². The first-order valence-electron chi connectivity index (χ1n) is 7.85. The SMILES string of the molecule is COc1ccc(S(N)(=O)=O)cc1C(=O)NNC(=O)[C@@H](C)Oc1ccccc1F. The number of primary sulfonamides is 1. The van der Waals surface area contributed by atoms with Gasteiger partial charge in [-0.1, -0.05) is 12.1 Å². The van der Waals surface area contributed by atoms with Crippen LogP contribution in [0.4, 0.5) is 4.39 Å². The van der Waals surface area contributed by atoms with Crippen molar-refractivity contribution >= 4 is 21.8 Å². The number of benzene rings is 2. The summed E-state index contributed by atoms with van der Waals surface area (Å²) in [6.07, 6.45) is -1.13. The number of sulfonamides is 1. The van der Waals surface area contributed by atoms with Crippen LogP contribution in [0.25, 0.3) is 0 Å². The number of hydrogen-bond donors (Lipinski definition) is 3. The summed E-state index contributed by atoms with van der Waals surface area (Å²) in [5.41, 5.74) is 4.04. The van der Waals surface area contributed by atoms with Crippen LogP contribution in [0.5, 0.6) is 11.5 Å². The highest BCUT2D eigenvalue weighted by Crippen LogP contribution is 2.21. The van der Waals surface area contributed by atoms with Crippen LogP contribution in [0.1, 0.15) is 17.3 Å². The largest absolute Gasteiger partial charge is 0.496 e. The van der Waals surface area contributed by atoms with Crippen LogP contribution in [-0.4, -0.2) is 33.4 Å². The fourth-order valence-electron chi connectivity index (χ4n) is 2.11. The fourth-order valence-corrected chi connectivity index (χ4v) is 2.65. The van der Waals surface area contributed by atoms with E-state index >= 15 is 0 Å². The zero-order valence-corrected chi connectivity index (χ0v) is 15.7. The van der Waals surface area contributed by atoms with Gasteiger partial charge < -0.3 is 9.47 Å². The van der Waals surface area contributed by atoms with E-state index in [2.05, 4.69) is 10.9 Å². The van der Waals surface area contributed by atoms with Crippen LogP contribution in [0.3, 0.4) is 0 Å². The summed E-state index contributed by atoms with van der Waals surface area (Å²) in [5, 5.41) is 5.05. The number of carbonyl (C=O) groups is 2. The monoisotopic (exact) mass is 411 g/mol. The van der Waals surface area contributed by atoms with E-state index < -0.39 is 33.8 Å². The number of amides is 2. The molecule has 0 bridgehead atoms. The Morgan fingerprint density at radius 3 is 2.39 bits per heavy atom. The fraction of sp³-hybridized carbons (Fsp3) is 0.176. The maximum atomic E-state index is 13.6. The van der Waals surface area contributed by atoms with Gasteiger partial charge in [0.05, 0.1) is 17.6 Å². The average molecular weight is 411 g/mol. The van der Waals surface area contributed by atoms with E-state index in [0.29, 0.717) is 0 Å². The molecule has 0 radical (unpaired) electrons. The molecular formula is C17H18FN3O6S. The minimum Gasteiger partial charge on any atom is -0.496 e. The second kappa shape index (κ2) is 8.67. The lowest BCUT2D eigenvalue weighted by atomic mass is 10.2. The van der Waals surface area contributed by atoms with Crippen molar-refractivity contribution in [2.45, 2.75) is 17.9 Å². The predicted octanol–water partition coefficient (Wildman–Crippen LogP) is 0.710. The van der Waals surface area contributed by atoms with Gasteiger partial charge in [-0.15, -0.1) is 0 Å². The third-order valence-electron chi connectivity index (χ3n) is 3.55. The van der Waals surface area contributed by atoms with Crippen LogP contribution in [0, 0.1) is 5.82 Å². The number of nitrogens with two attached hydrogens (primary N) is 1. The summed E-state index contributed by atoms with van der Waals surface area (Å²) in [6.45, 7) is 1.36. The highest BCUT2D eigenvalue weighted by Gasteiger charge is 2.20. The number of halogens is 1. The van der Waals surface area contributed by atoms with Crippen LogP contribution >= 0.6 is 0 Å². The molecule has 11 heteroatoms. The molecule has 1 atom stereocenters. The van der Waals surface area contributed by atoms with E-state index in [0.717, 1.165) is 6.07 Å². The molecule has 2 aromatic carbocycles. The summed E-state index contributed by atoms with van der Waals surface area (Å²) in [4.78, 5) is 24.1. The maximum absolute atomic E-state index is 13.6. The number of hydrazine groups is 1. The first kappa shape index (κ1) is 21.1. The summed E-state index contributed by atoms with van der Waals surface area (Å²) in [6, 6.07) is 8.96. The summed E-state index contributed by atoms with van der Waals surface area (Å²) in [5.74, 6) is -2.32. The Hall–Kier alpha value is -3.18. The molecule has 0 aliphatic carbocycles. The third-order valence-corrected chi connectivity index (χ3v) is 4.46. The Morgan fingerprint density at radius 2 is 1.79 bits per heavy atom. The number of para-hydroxylation sites is 1. The van der Waals surface area contributed by atoms with Crippen molar-refractivity contribution < 1.29 is 31.9 Å². The minimum atomic E-state index is -4.05. The van der Waals surface area contributed by atoms with Gasteiger partial charge in [0, 0.05) is 0 Å². The van der Waals surface area contributed by atoms with Gasteiger partial charge in [0.1, 0.15) is 5.75 Å². The van der Waals surface area contributed by atoms with Crippen LogP contribution in [-0.2, 0) is 14.8 Å². The molecule has 0 spiro atoms. The summed E-state index contributed by atoms with van der Waals surface area (Å²) in [7, 11) is -2.76. The van der Waals surface area contributed by atoms with Crippen molar-refractivity contribution in [3.05, 3.63) is 53.8 Å². The van der Waals surface area contributed by atoms with E-state index in [1.165, 1.54) is 50.4 Å². The summed E-state index contributed by atoms with van der Waals surface area (Å²) < 4.78 is 46.7. The lowest BCUT2D eigenvalue weighted by Crippen LogP contribution is -2.47. The highest BCUT2D eigenvalue weighted by atomic mass is 32.2. The number of methoxy groups -OCH3 is 1. The smallest absolute Gasteiger partial charge is 0.279 e. The van der Waals surface area contributed by atoms with E-state index in [1.807, 2.05) is 0 Å². The van der Waals surface area contributed by atoms with Gasteiger partial charge in [0.25, 0.3) is 11.8 Å². The Labute approximate surface area is 160 Å². The second-order valence-electron chi connectivity index (χ2n) is 5.54. The molecule has 0 heterocycles. The number of hydrogen-bond acceptors (Lipinski definition) is 6. The first-order valence-corrected chi connectivity index (χ1v) is 9.40. The molecule has 0 saturated carbocycles. The van der Waals surface area contributed by atoms with Crippen molar-refractivity contribution in [2.24, 2.45) is 5.14 Å². The standard InChI is InChI=1S/C17H18FN3O6S/c1-10(27-15-6-4-3-5-13(15)18)16(22)20-21-17(23)12-9-11(28(19,24)25)7-8-14(12)26-2/h3-10H,1-2H3,(H,20,22)(H,21,23)(H2,19,24,25)/t10-/m1/s1. The molecular weight excluding hydrogens is 393 g/mol. The number of rotatable bonds is 6. The lowest BCUT2D eigenvalue weighted by Gasteiger charge is -2.16. The Kier molecular flexibility index (Phi) is 6.54. The quantitative estimate of drug-likeness (QED) is 0.599. The van der Waals surface area contributed by atoms with Crippen molar-refractivity contribution in [3.63, 3.8) is 0 Å². The van der Waals surface area contributed by atoms with Gasteiger partial charge in [-0.3, -0.25) is 20.4 Å². The van der Waals surface area contributed by atoms with E-state index in [-0.39, 0.29) is 22.0 Å². The van der Waals surface area contributed by atoms with Gasteiger partial charge in [-0.25, -0.2) is 17.9 Å². The average Bonchev–Trinajstić information content (AvgIpc) is 2.66.